The lowest BCUT2D eigenvalue weighted by molar-refractivity contribution is 0.146. The number of rotatable bonds is 8. The topological polar surface area (TPSA) is 94.3 Å². The summed E-state index contributed by atoms with van der Waals surface area (Å²) < 4.78 is 24.6. The van der Waals surface area contributed by atoms with Crippen molar-refractivity contribution in [3.8, 4) is 5.75 Å². The average molecular weight is 412 g/mol. The Hall–Kier alpha value is -2.16. The van der Waals surface area contributed by atoms with E-state index in [2.05, 4.69) is 20.6 Å². The molecule has 28 heavy (non-hydrogen) atoms. The maximum Gasteiger partial charge on any atom is 0.229 e. The van der Waals surface area contributed by atoms with E-state index < -0.39 is 5.82 Å². The lowest BCUT2D eigenvalue weighted by Crippen LogP contribution is -2.35. The fourth-order valence-corrected chi connectivity index (χ4v) is 3.09. The van der Waals surface area contributed by atoms with E-state index in [9.17, 15) is 4.39 Å². The van der Waals surface area contributed by atoms with Gasteiger partial charge in [-0.05, 0) is 49.9 Å². The molecule has 1 fully saturated rings. The number of methoxy groups -OCH3 is 1. The third kappa shape index (κ3) is 6.47. The van der Waals surface area contributed by atoms with Crippen molar-refractivity contribution in [1.82, 2.24) is 9.97 Å². The molecule has 0 aliphatic heterocycles. The Morgan fingerprint density at radius 3 is 2.71 bits per heavy atom. The number of nitrogens with zero attached hydrogens (tertiary/aromatic N) is 2. The molecule has 2 aromatic rings. The van der Waals surface area contributed by atoms with E-state index in [-0.39, 0.29) is 30.3 Å². The van der Waals surface area contributed by atoms with E-state index >= 15 is 0 Å². The number of nitrogens with one attached hydrogen (secondary N) is 2. The van der Waals surface area contributed by atoms with Crippen molar-refractivity contribution in [2.24, 2.45) is 5.73 Å². The molecule has 9 heteroatoms. The minimum absolute atomic E-state index is 0. The van der Waals surface area contributed by atoms with Gasteiger partial charge in [0, 0.05) is 24.9 Å². The summed E-state index contributed by atoms with van der Waals surface area (Å²) in [5, 5.41) is 6.24. The number of anilines is 3. The molecule has 0 amide bonds. The van der Waals surface area contributed by atoms with Gasteiger partial charge in [-0.15, -0.1) is 12.4 Å². The summed E-state index contributed by atoms with van der Waals surface area (Å²) in [4.78, 5) is 8.29. The first-order valence-corrected chi connectivity index (χ1v) is 9.17. The van der Waals surface area contributed by atoms with Crippen molar-refractivity contribution in [1.29, 1.82) is 0 Å². The van der Waals surface area contributed by atoms with E-state index in [1.54, 1.807) is 7.11 Å². The summed E-state index contributed by atoms with van der Waals surface area (Å²) in [5.74, 6) is 0.799. The Labute approximate surface area is 170 Å². The van der Waals surface area contributed by atoms with Crippen LogP contribution in [0.4, 0.5) is 21.8 Å². The maximum atomic E-state index is 14.1. The van der Waals surface area contributed by atoms with Crippen LogP contribution in [0.1, 0.15) is 25.7 Å². The van der Waals surface area contributed by atoms with E-state index in [1.165, 1.54) is 6.20 Å². The van der Waals surface area contributed by atoms with Crippen molar-refractivity contribution in [2.45, 2.75) is 37.8 Å². The normalized spacial score (nSPS) is 18.8. The first kappa shape index (κ1) is 22.1. The van der Waals surface area contributed by atoms with Gasteiger partial charge >= 0.3 is 0 Å². The second kappa shape index (κ2) is 11.0. The van der Waals surface area contributed by atoms with Gasteiger partial charge in [0.05, 0.1) is 12.8 Å². The molecule has 0 bridgehead atoms. The summed E-state index contributed by atoms with van der Waals surface area (Å²) in [5.41, 5.74) is 6.79. The molecular formula is C19H27ClFN5O2. The zero-order valence-corrected chi connectivity index (χ0v) is 16.7. The second-order valence-corrected chi connectivity index (χ2v) is 6.65. The van der Waals surface area contributed by atoms with Crippen molar-refractivity contribution in [3.63, 3.8) is 0 Å². The Morgan fingerprint density at radius 1 is 1.21 bits per heavy atom. The lowest BCUT2D eigenvalue weighted by atomic mass is 9.92. The van der Waals surface area contributed by atoms with Gasteiger partial charge in [-0.3, -0.25) is 0 Å². The molecule has 1 aromatic carbocycles. The standard InChI is InChI=1S/C19H26FN5O2.ClH/c1-26-9-10-27-16-7-5-14(6-8-16)24-19-22-12-17(20)18(25-19)23-15-4-2-3-13(21)11-15;/h5-8,12-13,15H,2-4,9-11,21H2,1H3,(H2,22,23,24,25);1H. The number of ether oxygens (including phenoxy) is 2. The third-order valence-corrected chi connectivity index (χ3v) is 4.47. The predicted octanol–water partition coefficient (Wildman–Crippen LogP) is 3.49. The first-order valence-electron chi connectivity index (χ1n) is 9.17. The number of nitrogens with two attached hydrogens (primary N) is 1. The van der Waals surface area contributed by atoms with Crippen molar-refractivity contribution < 1.29 is 13.9 Å². The molecule has 1 aliphatic carbocycles. The van der Waals surface area contributed by atoms with Gasteiger partial charge in [-0.1, -0.05) is 0 Å². The van der Waals surface area contributed by atoms with Gasteiger partial charge < -0.3 is 25.8 Å². The molecule has 7 nitrogen and oxygen atoms in total. The Balaban J connectivity index is 0.00000280. The zero-order valence-electron chi connectivity index (χ0n) is 15.9. The molecule has 1 aliphatic rings. The highest BCUT2D eigenvalue weighted by molar-refractivity contribution is 5.85. The molecule has 0 radical (unpaired) electrons. The molecule has 2 unspecified atom stereocenters. The Kier molecular flexibility index (Phi) is 8.69. The number of aromatic nitrogens is 2. The van der Waals surface area contributed by atoms with Crippen LogP contribution >= 0.6 is 12.4 Å². The lowest BCUT2D eigenvalue weighted by Gasteiger charge is -2.27. The minimum atomic E-state index is -0.471. The smallest absolute Gasteiger partial charge is 0.229 e. The largest absolute Gasteiger partial charge is 0.491 e. The summed E-state index contributed by atoms with van der Waals surface area (Å²) in [6, 6.07) is 7.66. The Bertz CT molecular complexity index is 735. The van der Waals surface area contributed by atoms with Crippen LogP contribution in [0.25, 0.3) is 0 Å². The van der Waals surface area contributed by atoms with Gasteiger partial charge in [0.2, 0.25) is 5.95 Å². The fourth-order valence-electron chi connectivity index (χ4n) is 3.09. The first-order chi connectivity index (χ1) is 13.1. The van der Waals surface area contributed by atoms with E-state index in [1.807, 2.05) is 24.3 Å². The predicted molar refractivity (Wildman–Crippen MR) is 110 cm³/mol. The minimum Gasteiger partial charge on any atom is -0.491 e. The molecule has 0 saturated heterocycles. The highest BCUT2D eigenvalue weighted by atomic mass is 35.5. The van der Waals surface area contributed by atoms with E-state index in [4.69, 9.17) is 15.2 Å². The molecule has 1 saturated carbocycles. The maximum absolute atomic E-state index is 14.1. The van der Waals surface area contributed by atoms with Gasteiger partial charge in [-0.2, -0.15) is 4.98 Å². The monoisotopic (exact) mass is 411 g/mol. The summed E-state index contributed by atoms with van der Waals surface area (Å²) >= 11 is 0. The molecule has 0 spiro atoms. The highest BCUT2D eigenvalue weighted by Gasteiger charge is 2.20. The van der Waals surface area contributed by atoms with Crippen LogP contribution in [0.15, 0.2) is 30.5 Å². The van der Waals surface area contributed by atoms with Crippen molar-refractivity contribution in [2.75, 3.05) is 31.0 Å². The number of hydrogen-bond acceptors (Lipinski definition) is 7. The van der Waals surface area contributed by atoms with Crippen LogP contribution < -0.4 is 21.1 Å². The zero-order chi connectivity index (χ0) is 19.1. The number of halogens is 2. The van der Waals surface area contributed by atoms with Gasteiger partial charge in [0.15, 0.2) is 11.6 Å². The van der Waals surface area contributed by atoms with E-state index in [0.717, 1.165) is 37.1 Å². The van der Waals surface area contributed by atoms with Crippen LogP contribution in [0, 0.1) is 5.82 Å². The molecule has 154 valence electrons. The van der Waals surface area contributed by atoms with Crippen LogP contribution in [0.5, 0.6) is 5.75 Å². The molecule has 1 aromatic heterocycles. The highest BCUT2D eigenvalue weighted by Crippen LogP contribution is 2.23. The van der Waals surface area contributed by atoms with Crippen LogP contribution in [0.3, 0.4) is 0 Å². The molecule has 2 atom stereocenters. The molecule has 4 N–H and O–H groups in total. The average Bonchev–Trinajstić information content (AvgIpc) is 2.66. The van der Waals surface area contributed by atoms with Crippen LogP contribution in [-0.2, 0) is 4.74 Å². The van der Waals surface area contributed by atoms with Gasteiger partial charge in [-0.25, -0.2) is 9.37 Å². The summed E-state index contributed by atoms with van der Waals surface area (Å²) in [6.07, 6.45) is 5.00. The van der Waals surface area contributed by atoms with Crippen LogP contribution in [0.2, 0.25) is 0 Å². The molecule has 3 rings (SSSR count). The Morgan fingerprint density at radius 2 is 2.00 bits per heavy atom. The summed E-state index contributed by atoms with van der Waals surface area (Å²) in [6.45, 7) is 1.02. The van der Waals surface area contributed by atoms with E-state index in [0.29, 0.717) is 19.2 Å². The summed E-state index contributed by atoms with van der Waals surface area (Å²) in [7, 11) is 1.63. The fraction of sp³-hybridized carbons (Fsp3) is 0.474. The number of benzene rings is 1. The van der Waals surface area contributed by atoms with Gasteiger partial charge in [0.1, 0.15) is 12.4 Å². The molecular weight excluding hydrogens is 385 g/mol. The second-order valence-electron chi connectivity index (χ2n) is 6.65. The van der Waals surface area contributed by atoms with Crippen molar-refractivity contribution >= 4 is 29.9 Å². The van der Waals surface area contributed by atoms with Gasteiger partial charge in [0.25, 0.3) is 0 Å². The molecule has 1 heterocycles. The van der Waals surface area contributed by atoms with Crippen molar-refractivity contribution in [3.05, 3.63) is 36.3 Å². The van der Waals surface area contributed by atoms with Crippen LogP contribution in [-0.4, -0.2) is 42.4 Å². The third-order valence-electron chi connectivity index (χ3n) is 4.47. The number of hydrogen-bond donors (Lipinski definition) is 3. The quantitative estimate of drug-likeness (QED) is 0.572. The SMILES string of the molecule is COCCOc1ccc(Nc2ncc(F)c(NC3CCCC(N)C3)n2)cc1.Cl.